The number of amides is 1. The maximum Gasteiger partial charge on any atom is 0.264 e. The molecule has 0 radical (unpaired) electrons. The van der Waals surface area contributed by atoms with E-state index in [-0.39, 0.29) is 16.5 Å². The van der Waals surface area contributed by atoms with Crippen molar-refractivity contribution in [3.05, 3.63) is 143 Å². The number of aryl methyl sites for hydroxylation is 1. The van der Waals surface area contributed by atoms with E-state index in [9.17, 15) is 13.2 Å². The van der Waals surface area contributed by atoms with Crippen molar-refractivity contribution in [3.8, 4) is 11.1 Å². The molecule has 55 heavy (non-hydrogen) atoms. The predicted octanol–water partition coefficient (Wildman–Crippen LogP) is 8.53. The van der Waals surface area contributed by atoms with Crippen molar-refractivity contribution in [1.82, 2.24) is 14.5 Å². The third kappa shape index (κ3) is 10.9. The molecule has 0 unspecified atom stereocenters. The lowest BCUT2D eigenvalue weighted by atomic mass is 9.99. The monoisotopic (exact) mass is 795 g/mol. The zero-order valence-corrected chi connectivity index (χ0v) is 34.1. The van der Waals surface area contributed by atoms with Gasteiger partial charge in [-0.05, 0) is 111 Å². The summed E-state index contributed by atoms with van der Waals surface area (Å²) < 4.78 is 29.2. The first-order valence-corrected chi connectivity index (χ1v) is 21.6. The molecule has 0 saturated carbocycles. The molecule has 1 saturated heterocycles. The molecule has 5 aromatic carbocycles. The summed E-state index contributed by atoms with van der Waals surface area (Å²) in [5.41, 5.74) is 6.51. The first-order chi connectivity index (χ1) is 26.6. The van der Waals surface area contributed by atoms with Crippen LogP contribution in [0.2, 0.25) is 5.02 Å². The van der Waals surface area contributed by atoms with Crippen molar-refractivity contribution in [2.45, 2.75) is 42.1 Å². The molecule has 0 aromatic heterocycles. The minimum Gasteiger partial charge on any atom is -0.381 e. The van der Waals surface area contributed by atoms with E-state index in [1.54, 1.807) is 36.0 Å². The highest BCUT2D eigenvalue weighted by Gasteiger charge is 2.23. The van der Waals surface area contributed by atoms with Gasteiger partial charge in [0.25, 0.3) is 15.9 Å². The number of hydrogen-bond acceptors (Lipinski definition) is 8. The number of carbonyl (C=O) groups is 1. The fourth-order valence-electron chi connectivity index (χ4n) is 6.78. The Labute approximate surface area is 335 Å². The Morgan fingerprint density at radius 3 is 2.18 bits per heavy atom. The van der Waals surface area contributed by atoms with Crippen LogP contribution in [0, 0.1) is 0 Å². The number of nitrogens with one attached hydrogen (secondary N) is 2. The van der Waals surface area contributed by atoms with E-state index in [0.717, 1.165) is 84.5 Å². The zero-order valence-electron chi connectivity index (χ0n) is 31.7. The highest BCUT2D eigenvalue weighted by atomic mass is 35.5. The van der Waals surface area contributed by atoms with Gasteiger partial charge in [0, 0.05) is 76.9 Å². The molecule has 1 amide bonds. The molecular formula is C44H50ClN5O3S2. The smallest absolute Gasteiger partial charge is 0.264 e. The molecule has 1 aliphatic rings. The van der Waals surface area contributed by atoms with Crippen molar-refractivity contribution in [2.24, 2.45) is 0 Å². The lowest BCUT2D eigenvalue weighted by Gasteiger charge is -2.36. The number of anilines is 2. The van der Waals surface area contributed by atoms with Gasteiger partial charge in [-0.25, -0.2) is 13.1 Å². The lowest BCUT2D eigenvalue weighted by molar-refractivity contribution is 0.0981. The van der Waals surface area contributed by atoms with Gasteiger partial charge in [-0.1, -0.05) is 79.2 Å². The Bertz CT molecular complexity index is 2140. The Hall–Kier alpha value is -4.32. The molecule has 1 aliphatic heterocycles. The van der Waals surface area contributed by atoms with Crippen LogP contribution in [-0.4, -0.2) is 82.7 Å². The summed E-state index contributed by atoms with van der Waals surface area (Å²) in [5.74, 6) is 0.210. The van der Waals surface area contributed by atoms with E-state index in [1.807, 2.05) is 67.6 Å². The molecule has 288 valence electrons. The molecule has 0 spiro atoms. The number of nitrogens with zero attached hydrogens (tertiary/aromatic N) is 3. The van der Waals surface area contributed by atoms with Gasteiger partial charge < -0.3 is 15.1 Å². The average Bonchev–Trinajstić information content (AvgIpc) is 3.20. The highest BCUT2D eigenvalue weighted by Crippen LogP contribution is 2.31. The van der Waals surface area contributed by atoms with Gasteiger partial charge in [-0.2, -0.15) is 0 Å². The summed E-state index contributed by atoms with van der Waals surface area (Å²) in [5, 5.41) is 4.43. The van der Waals surface area contributed by atoms with Crippen molar-refractivity contribution >= 4 is 50.7 Å². The van der Waals surface area contributed by atoms with Crippen LogP contribution in [0.4, 0.5) is 11.4 Å². The molecule has 6 rings (SSSR count). The summed E-state index contributed by atoms with van der Waals surface area (Å²) in [6.07, 6.45) is 1.57. The Kier molecular flexibility index (Phi) is 14.0. The highest BCUT2D eigenvalue weighted by molar-refractivity contribution is 7.99. The summed E-state index contributed by atoms with van der Waals surface area (Å²) in [6.45, 7) is 7.19. The van der Waals surface area contributed by atoms with Crippen molar-refractivity contribution < 1.29 is 13.2 Å². The maximum atomic E-state index is 13.5. The third-order valence-electron chi connectivity index (χ3n) is 9.92. The van der Waals surface area contributed by atoms with Crippen molar-refractivity contribution in [1.29, 1.82) is 0 Å². The molecule has 2 N–H and O–H groups in total. The number of benzene rings is 5. The number of rotatable bonds is 16. The number of thioether (sulfide) groups is 1. The van der Waals surface area contributed by atoms with Crippen molar-refractivity contribution in [2.75, 3.05) is 62.8 Å². The summed E-state index contributed by atoms with van der Waals surface area (Å²) in [4.78, 5) is 21.4. The molecule has 5 aromatic rings. The minimum atomic E-state index is -4.10. The second-order valence-corrected chi connectivity index (χ2v) is 17.3. The SMILES string of the molecule is CCc1cc(S(=O)(=O)NC(=O)c2ccc(N3CCN(Cc4ccccc4-c4ccccc4Cl)CC3)cc2)ccc1N[C@H](CCN(C)C)CSc1ccccc1. The van der Waals surface area contributed by atoms with E-state index in [2.05, 4.69) is 75.2 Å². The van der Waals surface area contributed by atoms with Gasteiger partial charge in [0.15, 0.2) is 0 Å². The van der Waals surface area contributed by atoms with Crippen LogP contribution in [0.1, 0.15) is 34.8 Å². The zero-order chi connectivity index (χ0) is 38.8. The molecule has 11 heteroatoms. The van der Waals surface area contributed by atoms with Crippen LogP contribution in [0.25, 0.3) is 11.1 Å². The van der Waals surface area contributed by atoms with Crippen LogP contribution in [-0.2, 0) is 23.0 Å². The third-order valence-corrected chi connectivity index (χ3v) is 12.7. The van der Waals surface area contributed by atoms with E-state index >= 15 is 0 Å². The second kappa shape index (κ2) is 19.0. The maximum absolute atomic E-state index is 13.5. The van der Waals surface area contributed by atoms with E-state index in [1.165, 1.54) is 10.5 Å². The quantitative estimate of drug-likeness (QED) is 0.0963. The molecule has 0 aliphatic carbocycles. The van der Waals surface area contributed by atoms with Gasteiger partial charge >= 0.3 is 0 Å². The fourth-order valence-corrected chi connectivity index (χ4v) is 9.04. The number of carbonyl (C=O) groups excluding carboxylic acids is 1. The van der Waals surface area contributed by atoms with Gasteiger partial charge in [-0.15, -0.1) is 11.8 Å². The summed E-state index contributed by atoms with van der Waals surface area (Å²) >= 11 is 8.34. The summed E-state index contributed by atoms with van der Waals surface area (Å²) in [6, 6.07) is 39.1. The normalized spacial score (nSPS) is 14.2. The Balaban J connectivity index is 1.04. The molecule has 0 bridgehead atoms. The average molecular weight is 797 g/mol. The topological polar surface area (TPSA) is 85.0 Å². The number of halogens is 1. The second-order valence-electron chi connectivity index (χ2n) is 14.1. The standard InChI is InChI=1S/C44H50ClN5O3S2/c1-4-33-30-39(22-23-43(33)46-36(24-25-48(2)3)32-54-38-13-6-5-7-14-38)55(52,53)47-44(51)34-18-20-37(21-19-34)50-28-26-49(27-29-50)31-35-12-8-9-15-40(35)41-16-10-11-17-42(41)45/h5-23,30,36,46H,4,24-29,31-32H2,1-3H3,(H,47,51)/t36-/m1/s1. The Morgan fingerprint density at radius 2 is 1.49 bits per heavy atom. The molecule has 8 nitrogen and oxygen atoms in total. The van der Waals surface area contributed by atoms with Gasteiger partial charge in [0.2, 0.25) is 0 Å². The van der Waals surface area contributed by atoms with Crippen LogP contribution in [0.5, 0.6) is 0 Å². The van der Waals surface area contributed by atoms with Crippen LogP contribution in [0.3, 0.4) is 0 Å². The van der Waals surface area contributed by atoms with Crippen LogP contribution >= 0.6 is 23.4 Å². The molecule has 1 atom stereocenters. The van der Waals surface area contributed by atoms with E-state index in [4.69, 9.17) is 11.6 Å². The van der Waals surface area contributed by atoms with Crippen LogP contribution in [0.15, 0.2) is 131 Å². The lowest BCUT2D eigenvalue weighted by Crippen LogP contribution is -2.46. The van der Waals surface area contributed by atoms with Crippen LogP contribution < -0.4 is 14.9 Å². The summed E-state index contributed by atoms with van der Waals surface area (Å²) in [7, 11) is 0.0287. The molecule has 1 heterocycles. The van der Waals surface area contributed by atoms with E-state index in [0.29, 0.717) is 6.42 Å². The molecule has 1 fully saturated rings. The first-order valence-electron chi connectivity index (χ1n) is 18.8. The van der Waals surface area contributed by atoms with Gasteiger partial charge in [-0.3, -0.25) is 9.69 Å². The molecular weight excluding hydrogens is 746 g/mol. The Morgan fingerprint density at radius 1 is 0.818 bits per heavy atom. The predicted molar refractivity (Wildman–Crippen MR) is 229 cm³/mol. The first kappa shape index (κ1) is 40.3. The number of sulfonamides is 1. The van der Waals surface area contributed by atoms with Gasteiger partial charge in [0.1, 0.15) is 0 Å². The number of hydrogen-bond donors (Lipinski definition) is 2. The minimum absolute atomic E-state index is 0.0655. The van der Waals surface area contributed by atoms with E-state index < -0.39 is 15.9 Å². The number of piperazine rings is 1. The largest absolute Gasteiger partial charge is 0.381 e. The van der Waals surface area contributed by atoms with Gasteiger partial charge in [0.05, 0.1) is 4.90 Å². The van der Waals surface area contributed by atoms with Crippen molar-refractivity contribution in [3.63, 3.8) is 0 Å². The fraction of sp³-hybridized carbons (Fsp3) is 0.295.